The number of Topliss-reactive ketones (excluding diaryl/α,β-unsaturated/α-hetero) is 1. The molecule has 0 aliphatic rings. The van der Waals surface area contributed by atoms with Crippen molar-refractivity contribution in [1.29, 1.82) is 0 Å². The highest BCUT2D eigenvalue weighted by Crippen LogP contribution is 2.30. The zero-order chi connectivity index (χ0) is 20.1. The van der Waals surface area contributed by atoms with Crippen LogP contribution in [0, 0.1) is 6.92 Å². The fraction of sp³-hybridized carbons (Fsp3) is 0.143. The highest BCUT2D eigenvalue weighted by atomic mass is 32.1. The molecule has 0 aliphatic carbocycles. The first-order chi connectivity index (χ1) is 13.5. The maximum Gasteiger partial charge on any atom is 0.287 e. The molecule has 0 unspecified atom stereocenters. The largest absolute Gasteiger partial charge is 0.363 e. The predicted molar refractivity (Wildman–Crippen MR) is 108 cm³/mol. The summed E-state index contributed by atoms with van der Waals surface area (Å²) in [5, 5.41) is 2.68. The fourth-order valence-corrected chi connectivity index (χ4v) is 3.78. The van der Waals surface area contributed by atoms with Crippen molar-refractivity contribution in [2.75, 3.05) is 0 Å². The third-order valence-corrected chi connectivity index (χ3v) is 5.26. The van der Waals surface area contributed by atoms with Gasteiger partial charge in [0.2, 0.25) is 5.78 Å². The van der Waals surface area contributed by atoms with Crippen LogP contribution in [0.3, 0.4) is 0 Å². The van der Waals surface area contributed by atoms with Gasteiger partial charge in [-0.3, -0.25) is 14.4 Å². The first-order valence-corrected chi connectivity index (χ1v) is 9.45. The quantitative estimate of drug-likeness (QED) is 0.602. The van der Waals surface area contributed by atoms with Crippen LogP contribution in [0.1, 0.15) is 21.6 Å². The Morgan fingerprint density at radius 2 is 1.64 bits per heavy atom. The molecule has 3 N–H and O–H groups in total. The molecule has 2 aromatic carbocycles. The van der Waals surface area contributed by atoms with Crippen molar-refractivity contribution in [3.63, 3.8) is 0 Å². The Morgan fingerprint density at radius 3 is 2.25 bits per heavy atom. The van der Waals surface area contributed by atoms with Gasteiger partial charge in [-0.05, 0) is 29.6 Å². The molecular formula is C21H19N3O3S. The van der Waals surface area contributed by atoms with Crippen molar-refractivity contribution in [3.05, 3.63) is 77.5 Å². The Labute approximate surface area is 166 Å². The van der Waals surface area contributed by atoms with Crippen molar-refractivity contribution < 1.29 is 14.4 Å². The van der Waals surface area contributed by atoms with Gasteiger partial charge in [-0.15, -0.1) is 0 Å². The van der Waals surface area contributed by atoms with Gasteiger partial charge in [0.1, 0.15) is 6.04 Å². The highest BCUT2D eigenvalue weighted by molar-refractivity contribution is 7.10. The summed E-state index contributed by atoms with van der Waals surface area (Å²) in [6.07, 6.45) is 0.172. The van der Waals surface area contributed by atoms with Crippen molar-refractivity contribution in [3.8, 4) is 10.4 Å². The van der Waals surface area contributed by atoms with E-state index >= 15 is 0 Å². The summed E-state index contributed by atoms with van der Waals surface area (Å²) in [7, 11) is 0. The number of aromatic nitrogens is 1. The molecule has 0 radical (unpaired) electrons. The Morgan fingerprint density at radius 1 is 1.04 bits per heavy atom. The Hall–Kier alpha value is -3.32. The molecule has 0 saturated heterocycles. The average molecular weight is 393 g/mol. The second kappa shape index (κ2) is 8.58. The van der Waals surface area contributed by atoms with Crippen molar-refractivity contribution in [2.45, 2.75) is 19.4 Å². The first-order valence-electron chi connectivity index (χ1n) is 8.67. The van der Waals surface area contributed by atoms with E-state index in [9.17, 15) is 14.4 Å². The molecule has 0 aliphatic heterocycles. The van der Waals surface area contributed by atoms with Crippen LogP contribution in [0.4, 0.5) is 0 Å². The molecule has 0 spiro atoms. The Kier molecular flexibility index (Phi) is 5.96. The lowest BCUT2D eigenvalue weighted by Crippen LogP contribution is -2.47. The molecule has 28 heavy (non-hydrogen) atoms. The molecule has 1 atom stereocenters. The molecule has 142 valence electrons. The lowest BCUT2D eigenvalue weighted by Gasteiger charge is -2.17. The summed E-state index contributed by atoms with van der Waals surface area (Å²) in [6, 6.07) is 17.5. The van der Waals surface area contributed by atoms with E-state index in [2.05, 4.69) is 9.69 Å². The van der Waals surface area contributed by atoms with Crippen molar-refractivity contribution in [1.82, 2.24) is 9.69 Å². The van der Waals surface area contributed by atoms with Crippen LogP contribution in [0.2, 0.25) is 0 Å². The minimum atomic E-state index is -1.08. The number of primary amides is 1. The van der Waals surface area contributed by atoms with Crippen LogP contribution in [-0.2, 0) is 16.0 Å². The minimum absolute atomic E-state index is 0.172. The van der Waals surface area contributed by atoms with E-state index in [1.54, 1.807) is 6.92 Å². The third kappa shape index (κ3) is 4.32. The standard InChI is InChI=1S/C21H19N3O3S/c1-13-17(19(28-24-13)15-10-6-3-7-11-15)21(27)23-16(18(25)20(22)26)12-14-8-4-2-5-9-14/h2-11,16H,12H2,1H3,(H2,22,26)(H,23,27)/t16-/m0/s1. The third-order valence-electron chi connectivity index (χ3n) is 4.27. The second-order valence-electron chi connectivity index (χ2n) is 6.28. The summed E-state index contributed by atoms with van der Waals surface area (Å²) in [6.45, 7) is 1.74. The van der Waals surface area contributed by atoms with Crippen molar-refractivity contribution in [2.24, 2.45) is 5.73 Å². The van der Waals surface area contributed by atoms with E-state index in [0.717, 1.165) is 11.1 Å². The Balaban J connectivity index is 1.89. The van der Waals surface area contributed by atoms with Crippen LogP contribution < -0.4 is 11.1 Å². The number of carbonyl (C=O) groups excluding carboxylic acids is 3. The fourth-order valence-electron chi connectivity index (χ4n) is 2.88. The molecule has 0 fully saturated rings. The molecule has 7 heteroatoms. The molecule has 0 saturated carbocycles. The number of amides is 2. The van der Waals surface area contributed by atoms with Gasteiger partial charge in [0.15, 0.2) is 0 Å². The van der Waals surface area contributed by atoms with Gasteiger partial charge < -0.3 is 11.1 Å². The lowest BCUT2D eigenvalue weighted by atomic mass is 10.0. The number of aryl methyl sites for hydroxylation is 1. The summed E-state index contributed by atoms with van der Waals surface area (Å²) in [5.74, 6) is -2.37. The molecule has 2 amide bonds. The van der Waals surface area contributed by atoms with Gasteiger partial charge in [0, 0.05) is 6.42 Å². The predicted octanol–water partition coefficient (Wildman–Crippen LogP) is 2.51. The van der Waals surface area contributed by atoms with Crippen LogP contribution in [0.15, 0.2) is 60.7 Å². The minimum Gasteiger partial charge on any atom is -0.363 e. The summed E-state index contributed by atoms with van der Waals surface area (Å²) in [4.78, 5) is 37.5. The van der Waals surface area contributed by atoms with E-state index < -0.39 is 23.6 Å². The number of nitrogens with zero attached hydrogens (tertiary/aromatic N) is 1. The van der Waals surface area contributed by atoms with Crippen LogP contribution in [-0.4, -0.2) is 28.0 Å². The number of nitrogens with one attached hydrogen (secondary N) is 1. The van der Waals surface area contributed by atoms with Crippen LogP contribution >= 0.6 is 11.5 Å². The zero-order valence-electron chi connectivity index (χ0n) is 15.2. The van der Waals surface area contributed by atoms with Gasteiger partial charge in [-0.1, -0.05) is 60.7 Å². The summed E-state index contributed by atoms with van der Waals surface area (Å²) < 4.78 is 4.29. The van der Waals surface area contributed by atoms with E-state index in [-0.39, 0.29) is 6.42 Å². The van der Waals surface area contributed by atoms with Gasteiger partial charge in [-0.2, -0.15) is 4.37 Å². The normalized spacial score (nSPS) is 11.6. The number of nitrogens with two attached hydrogens (primary N) is 1. The van der Waals surface area contributed by atoms with E-state index in [4.69, 9.17) is 5.73 Å². The monoisotopic (exact) mass is 393 g/mol. The smallest absolute Gasteiger partial charge is 0.287 e. The molecule has 6 nitrogen and oxygen atoms in total. The molecule has 3 aromatic rings. The highest BCUT2D eigenvalue weighted by Gasteiger charge is 2.28. The summed E-state index contributed by atoms with van der Waals surface area (Å²) >= 11 is 1.22. The number of hydrogen-bond donors (Lipinski definition) is 2. The topological polar surface area (TPSA) is 102 Å². The number of carbonyl (C=O) groups is 3. The average Bonchev–Trinajstić information content (AvgIpc) is 3.10. The van der Waals surface area contributed by atoms with Gasteiger partial charge in [0.05, 0.1) is 16.1 Å². The van der Waals surface area contributed by atoms with Gasteiger partial charge in [0.25, 0.3) is 11.8 Å². The van der Waals surface area contributed by atoms with E-state index in [0.29, 0.717) is 16.1 Å². The molecule has 1 aromatic heterocycles. The second-order valence-corrected chi connectivity index (χ2v) is 7.06. The van der Waals surface area contributed by atoms with Crippen molar-refractivity contribution >= 4 is 29.1 Å². The van der Waals surface area contributed by atoms with Crippen LogP contribution in [0.5, 0.6) is 0 Å². The zero-order valence-corrected chi connectivity index (χ0v) is 16.0. The lowest BCUT2D eigenvalue weighted by molar-refractivity contribution is -0.137. The molecule has 1 heterocycles. The maximum absolute atomic E-state index is 13.0. The molecular weight excluding hydrogens is 374 g/mol. The van der Waals surface area contributed by atoms with Gasteiger partial charge in [-0.25, -0.2) is 0 Å². The Bertz CT molecular complexity index is 1000. The SMILES string of the molecule is Cc1nsc(-c2ccccc2)c1C(=O)N[C@@H](Cc1ccccc1)C(=O)C(N)=O. The van der Waals surface area contributed by atoms with Gasteiger partial charge >= 0.3 is 0 Å². The molecule has 0 bridgehead atoms. The summed E-state index contributed by atoms with van der Waals surface area (Å²) in [5.41, 5.74) is 7.81. The number of benzene rings is 2. The van der Waals surface area contributed by atoms with E-state index in [1.165, 1.54) is 11.5 Å². The van der Waals surface area contributed by atoms with E-state index in [1.807, 2.05) is 60.7 Å². The number of ketones is 1. The maximum atomic E-state index is 13.0. The van der Waals surface area contributed by atoms with Crippen LogP contribution in [0.25, 0.3) is 10.4 Å². The molecule has 3 rings (SSSR count). The first kappa shape index (κ1) is 19.4. The number of rotatable bonds is 7. The number of hydrogen-bond acceptors (Lipinski definition) is 5.